The van der Waals surface area contributed by atoms with Crippen molar-refractivity contribution in [3.05, 3.63) is 23.3 Å². The first kappa shape index (κ1) is 30.3. The second-order valence-corrected chi connectivity index (χ2v) is 15.3. The fourth-order valence-corrected chi connectivity index (χ4v) is 9.47. The van der Waals surface area contributed by atoms with Crippen LogP contribution >= 0.6 is 0 Å². The lowest BCUT2D eigenvalue weighted by Crippen LogP contribution is -2.52. The quantitative estimate of drug-likeness (QED) is 0.189. The van der Waals surface area contributed by atoms with Crippen LogP contribution in [0.2, 0.25) is 0 Å². The molecule has 0 bridgehead atoms. The highest BCUT2D eigenvalue weighted by molar-refractivity contribution is 5.75. The normalized spacial score (nSPS) is 40.3. The Bertz CT molecular complexity index is 971. The summed E-state index contributed by atoms with van der Waals surface area (Å²) in [7, 11) is 0. The molecule has 0 aromatic rings. The number of esters is 1. The summed E-state index contributed by atoms with van der Waals surface area (Å²) in [6.45, 7) is 14.6. The molecule has 2 saturated carbocycles. The Morgan fingerprint density at radius 2 is 1.93 bits per heavy atom. The molecule has 4 aliphatic carbocycles. The highest BCUT2D eigenvalue weighted by Crippen LogP contribution is 2.67. The van der Waals surface area contributed by atoms with E-state index in [-0.39, 0.29) is 35.6 Å². The maximum Gasteiger partial charge on any atom is 0.311 e. The van der Waals surface area contributed by atoms with E-state index in [9.17, 15) is 9.90 Å². The number of hydrogen-bond acceptors (Lipinski definition) is 5. The Balaban J connectivity index is 1.31. The molecule has 1 unspecified atom stereocenters. The van der Waals surface area contributed by atoms with E-state index in [0.717, 1.165) is 51.6 Å². The molecular formula is C35H56O5. The van der Waals surface area contributed by atoms with Crippen LogP contribution in [-0.2, 0) is 19.0 Å². The molecule has 5 rings (SSSR count). The summed E-state index contributed by atoms with van der Waals surface area (Å²) in [5.74, 6) is 2.53. The van der Waals surface area contributed by atoms with Gasteiger partial charge < -0.3 is 19.3 Å². The molecule has 0 radical (unpaired) electrons. The van der Waals surface area contributed by atoms with Gasteiger partial charge in [0.05, 0.1) is 18.1 Å². The molecule has 0 aromatic heterocycles. The van der Waals surface area contributed by atoms with Crippen LogP contribution in [0, 0.1) is 45.8 Å². The van der Waals surface area contributed by atoms with Gasteiger partial charge in [-0.1, -0.05) is 44.1 Å². The topological polar surface area (TPSA) is 65.0 Å². The number of carbonyl (C=O) groups is 1. The Labute approximate surface area is 243 Å². The summed E-state index contributed by atoms with van der Waals surface area (Å²) in [6.07, 6.45) is 17.9. The van der Waals surface area contributed by atoms with E-state index < -0.39 is 5.41 Å². The Morgan fingerprint density at radius 1 is 1.15 bits per heavy atom. The summed E-state index contributed by atoms with van der Waals surface area (Å²) in [6, 6.07) is 0. The fourth-order valence-electron chi connectivity index (χ4n) is 9.47. The standard InChI is InChI=1S/C35H56O5/c1-23(22-36)29-20-24(10-9-19-39-32(37)33(2,3)4)31-27-13-12-25-21-26(40-30-11-7-8-18-38-30)14-16-34(25,5)28(27)15-17-35(29,31)6/h12,20,23-24,26-28,30-31,36H,7-11,13-19,21-22H2,1-6H3/t23-,24-,26-,27+,28-,30?,31-,34-,35+/m0/s1. The van der Waals surface area contributed by atoms with Crippen molar-refractivity contribution in [3.8, 4) is 0 Å². The first-order chi connectivity index (χ1) is 19.0. The number of carbonyl (C=O) groups excluding carboxylic acids is 1. The van der Waals surface area contributed by atoms with Gasteiger partial charge in [-0.3, -0.25) is 4.79 Å². The minimum absolute atomic E-state index is 0.00429. The molecule has 226 valence electrons. The van der Waals surface area contributed by atoms with Crippen molar-refractivity contribution in [2.75, 3.05) is 19.8 Å². The number of aliphatic hydroxyl groups is 1. The third-order valence-corrected chi connectivity index (χ3v) is 11.6. The lowest BCUT2D eigenvalue weighted by atomic mass is 9.46. The van der Waals surface area contributed by atoms with Crippen molar-refractivity contribution in [2.45, 2.75) is 125 Å². The summed E-state index contributed by atoms with van der Waals surface area (Å²) in [5.41, 5.74) is 3.08. The molecular weight excluding hydrogens is 500 g/mol. The molecule has 3 fully saturated rings. The van der Waals surface area contributed by atoms with Gasteiger partial charge in [0.15, 0.2) is 6.29 Å². The molecule has 0 aromatic carbocycles. The third kappa shape index (κ3) is 5.73. The highest BCUT2D eigenvalue weighted by atomic mass is 16.7. The molecule has 0 spiro atoms. The zero-order valence-electron chi connectivity index (χ0n) is 26.2. The van der Waals surface area contributed by atoms with Gasteiger partial charge in [0, 0.05) is 19.1 Å². The second-order valence-electron chi connectivity index (χ2n) is 15.3. The molecule has 1 heterocycles. The number of allylic oxidation sites excluding steroid dienone is 2. The van der Waals surface area contributed by atoms with Gasteiger partial charge in [0.1, 0.15) is 0 Å². The predicted octanol–water partition coefficient (Wildman–Crippen LogP) is 7.62. The maximum atomic E-state index is 12.3. The monoisotopic (exact) mass is 556 g/mol. The van der Waals surface area contributed by atoms with Crippen LogP contribution in [0.1, 0.15) is 112 Å². The number of rotatable bonds is 8. The smallest absolute Gasteiger partial charge is 0.311 e. The van der Waals surface area contributed by atoms with Crippen LogP contribution in [0.15, 0.2) is 23.3 Å². The van der Waals surface area contributed by atoms with E-state index in [4.69, 9.17) is 14.2 Å². The molecule has 9 atom stereocenters. The van der Waals surface area contributed by atoms with Crippen LogP contribution < -0.4 is 0 Å². The van der Waals surface area contributed by atoms with E-state index in [2.05, 4.69) is 32.9 Å². The number of ether oxygens (including phenoxy) is 3. The molecule has 0 amide bonds. The molecule has 5 heteroatoms. The minimum Gasteiger partial charge on any atom is -0.465 e. The number of hydrogen-bond donors (Lipinski definition) is 1. The first-order valence-corrected chi connectivity index (χ1v) is 16.4. The summed E-state index contributed by atoms with van der Waals surface area (Å²) < 4.78 is 18.0. The van der Waals surface area contributed by atoms with Gasteiger partial charge in [0.25, 0.3) is 0 Å². The van der Waals surface area contributed by atoms with Crippen LogP contribution in [0.25, 0.3) is 0 Å². The SMILES string of the molecule is C[C@@H](CO)C1=C[C@H](CCCOC(=O)C(C)(C)C)[C@H]2[C@@H]3CC=C4C[C@@H](OC5CCCCO5)CC[C@]4(C)[C@H]3CC[C@]12C. The Morgan fingerprint density at radius 3 is 2.62 bits per heavy atom. The second kappa shape index (κ2) is 11.8. The van der Waals surface area contributed by atoms with Crippen LogP contribution in [0.3, 0.4) is 0 Å². The summed E-state index contributed by atoms with van der Waals surface area (Å²) in [4.78, 5) is 12.3. The first-order valence-electron chi connectivity index (χ1n) is 16.4. The van der Waals surface area contributed by atoms with E-state index in [1.807, 2.05) is 20.8 Å². The number of fused-ring (bicyclic) bond motifs is 5. The molecule has 5 nitrogen and oxygen atoms in total. The molecule has 1 N–H and O–H groups in total. The van der Waals surface area contributed by atoms with E-state index in [1.165, 1.54) is 31.3 Å². The van der Waals surface area contributed by atoms with Gasteiger partial charge in [0.2, 0.25) is 0 Å². The van der Waals surface area contributed by atoms with Crippen LogP contribution in [0.5, 0.6) is 0 Å². The minimum atomic E-state index is -0.457. The zero-order chi connectivity index (χ0) is 28.7. The lowest BCUT2D eigenvalue weighted by molar-refractivity contribution is -0.195. The fraction of sp³-hybridized carbons (Fsp3) is 0.857. The van der Waals surface area contributed by atoms with Gasteiger partial charge >= 0.3 is 5.97 Å². The largest absolute Gasteiger partial charge is 0.465 e. The van der Waals surface area contributed by atoms with Gasteiger partial charge in [-0.2, -0.15) is 0 Å². The van der Waals surface area contributed by atoms with Crippen LogP contribution in [-0.4, -0.2) is 43.3 Å². The van der Waals surface area contributed by atoms with Crippen molar-refractivity contribution < 1.29 is 24.1 Å². The Kier molecular flexibility index (Phi) is 8.97. The van der Waals surface area contributed by atoms with Crippen LogP contribution in [0.4, 0.5) is 0 Å². The average Bonchev–Trinajstić information content (AvgIpc) is 3.23. The van der Waals surface area contributed by atoms with E-state index >= 15 is 0 Å². The van der Waals surface area contributed by atoms with E-state index in [0.29, 0.717) is 36.4 Å². The van der Waals surface area contributed by atoms with Crippen molar-refractivity contribution in [1.82, 2.24) is 0 Å². The average molecular weight is 557 g/mol. The van der Waals surface area contributed by atoms with E-state index in [1.54, 1.807) is 5.57 Å². The van der Waals surface area contributed by atoms with Gasteiger partial charge in [-0.15, -0.1) is 0 Å². The van der Waals surface area contributed by atoms with Crippen molar-refractivity contribution in [1.29, 1.82) is 0 Å². The molecule has 5 aliphatic rings. The summed E-state index contributed by atoms with van der Waals surface area (Å²) in [5, 5.41) is 10.2. The molecule has 1 aliphatic heterocycles. The zero-order valence-corrected chi connectivity index (χ0v) is 26.2. The Hall–Kier alpha value is -1.17. The lowest BCUT2D eigenvalue weighted by Gasteiger charge is -2.59. The van der Waals surface area contributed by atoms with Crippen molar-refractivity contribution in [2.24, 2.45) is 45.8 Å². The number of aliphatic hydroxyl groups excluding tert-OH is 1. The summed E-state index contributed by atoms with van der Waals surface area (Å²) >= 11 is 0. The van der Waals surface area contributed by atoms with Gasteiger partial charge in [-0.25, -0.2) is 0 Å². The predicted molar refractivity (Wildman–Crippen MR) is 158 cm³/mol. The third-order valence-electron chi connectivity index (χ3n) is 11.6. The maximum absolute atomic E-state index is 12.3. The molecule has 1 saturated heterocycles. The van der Waals surface area contributed by atoms with Gasteiger partial charge in [-0.05, 0) is 126 Å². The molecule has 40 heavy (non-hydrogen) atoms. The van der Waals surface area contributed by atoms with Crippen molar-refractivity contribution in [3.63, 3.8) is 0 Å². The van der Waals surface area contributed by atoms with Crippen molar-refractivity contribution >= 4 is 5.97 Å². The highest BCUT2D eigenvalue weighted by Gasteiger charge is 2.59.